The number of carbonyl (C=O) groups excluding carboxylic acids is 1. The number of hydrazone groups is 1. The van der Waals surface area contributed by atoms with E-state index in [1.807, 2.05) is 42.6 Å². The maximum absolute atomic E-state index is 11.6. The zero-order chi connectivity index (χ0) is 24.0. The van der Waals surface area contributed by atoms with Gasteiger partial charge in [-0.05, 0) is 24.1 Å². The molecule has 0 spiro atoms. The van der Waals surface area contributed by atoms with Crippen LogP contribution in [0.15, 0.2) is 52.9 Å². The molecule has 1 aromatic heterocycles. The normalized spacial score (nSPS) is 12.0. The standard InChI is InChI=1S/C22H17Cl2N5O3S/c1-12(21-26-19(11-33-21)13-5-3-2-4-6-13)7-15-16(23)8-14(9-17(15)24)28-29-18(10-25)20(30)27-22(31)32/h2-6,8-9,11-12,28H,7H2,1H3,(H,27,30)(H,31,32). The summed E-state index contributed by atoms with van der Waals surface area (Å²) in [6.07, 6.45) is -1.04. The molecule has 0 saturated carbocycles. The lowest BCUT2D eigenvalue weighted by molar-refractivity contribution is -0.114. The Hall–Kier alpha value is -3.45. The predicted molar refractivity (Wildman–Crippen MR) is 129 cm³/mol. The molecule has 0 aliphatic carbocycles. The van der Waals surface area contributed by atoms with Crippen molar-refractivity contribution < 1.29 is 14.7 Å². The van der Waals surface area contributed by atoms with E-state index in [9.17, 15) is 9.59 Å². The van der Waals surface area contributed by atoms with E-state index in [1.165, 1.54) is 11.4 Å². The van der Waals surface area contributed by atoms with Gasteiger partial charge < -0.3 is 5.11 Å². The summed E-state index contributed by atoms with van der Waals surface area (Å²) in [5.41, 5.74) is 4.85. The van der Waals surface area contributed by atoms with Crippen molar-refractivity contribution in [2.75, 3.05) is 5.43 Å². The van der Waals surface area contributed by atoms with Crippen molar-refractivity contribution >= 4 is 57.9 Å². The lowest BCUT2D eigenvalue weighted by atomic mass is 10.0. The highest BCUT2D eigenvalue weighted by molar-refractivity contribution is 7.10. The highest BCUT2D eigenvalue weighted by atomic mass is 35.5. The van der Waals surface area contributed by atoms with Crippen LogP contribution in [0.5, 0.6) is 0 Å². The fourth-order valence-electron chi connectivity index (χ4n) is 2.91. The molecule has 8 nitrogen and oxygen atoms in total. The van der Waals surface area contributed by atoms with E-state index in [-0.39, 0.29) is 5.92 Å². The smallest absolute Gasteiger partial charge is 0.411 e. The molecule has 2 amide bonds. The number of benzene rings is 2. The minimum atomic E-state index is -1.59. The number of rotatable bonds is 7. The van der Waals surface area contributed by atoms with Crippen LogP contribution >= 0.6 is 34.5 Å². The number of carbonyl (C=O) groups is 2. The fourth-order valence-corrected chi connectivity index (χ4v) is 4.44. The Labute approximate surface area is 203 Å². The summed E-state index contributed by atoms with van der Waals surface area (Å²) in [6, 6.07) is 14.5. The van der Waals surface area contributed by atoms with Gasteiger partial charge in [-0.1, -0.05) is 60.5 Å². The second-order valence-corrected chi connectivity index (χ2v) is 8.61. The number of aromatic nitrogens is 1. The Morgan fingerprint density at radius 2 is 1.91 bits per heavy atom. The van der Waals surface area contributed by atoms with Crippen LogP contribution < -0.4 is 10.7 Å². The maximum atomic E-state index is 11.6. The molecule has 0 saturated heterocycles. The number of hydrogen-bond acceptors (Lipinski definition) is 7. The molecule has 0 aliphatic heterocycles. The second-order valence-electron chi connectivity index (χ2n) is 6.90. The Balaban J connectivity index is 1.73. The van der Waals surface area contributed by atoms with Crippen LogP contribution in [0.3, 0.4) is 0 Å². The lowest BCUT2D eigenvalue weighted by Gasteiger charge is -2.13. The average molecular weight is 502 g/mol. The highest BCUT2D eigenvalue weighted by Crippen LogP contribution is 2.35. The van der Waals surface area contributed by atoms with Gasteiger partial charge in [0, 0.05) is 26.9 Å². The number of halogens is 2. The topological polar surface area (TPSA) is 127 Å². The summed E-state index contributed by atoms with van der Waals surface area (Å²) >= 11 is 14.4. The molecule has 1 heterocycles. The third-order valence-electron chi connectivity index (χ3n) is 4.50. The quantitative estimate of drug-likeness (QED) is 0.287. The molecule has 168 valence electrons. The molecule has 1 unspecified atom stereocenters. The largest absolute Gasteiger partial charge is 0.465 e. The summed E-state index contributed by atoms with van der Waals surface area (Å²) in [4.78, 5) is 26.9. The number of nitrogens with zero attached hydrogens (tertiary/aromatic N) is 3. The highest BCUT2D eigenvalue weighted by Gasteiger charge is 2.18. The number of amides is 2. The van der Waals surface area contributed by atoms with Crippen molar-refractivity contribution in [3.8, 4) is 17.3 Å². The summed E-state index contributed by atoms with van der Waals surface area (Å²) in [5.74, 6) is -1.09. The monoisotopic (exact) mass is 501 g/mol. The van der Waals surface area contributed by atoms with Gasteiger partial charge in [0.25, 0.3) is 5.91 Å². The Morgan fingerprint density at radius 3 is 2.52 bits per heavy atom. The molecular formula is C22H17Cl2N5O3S. The van der Waals surface area contributed by atoms with Gasteiger partial charge in [-0.15, -0.1) is 11.3 Å². The first kappa shape index (κ1) is 24.2. The van der Waals surface area contributed by atoms with Gasteiger partial charge in [0.2, 0.25) is 5.71 Å². The van der Waals surface area contributed by atoms with Gasteiger partial charge in [0.15, 0.2) is 0 Å². The number of anilines is 1. The number of carboxylic acid groups (broad SMARTS) is 1. The summed E-state index contributed by atoms with van der Waals surface area (Å²) < 4.78 is 0. The van der Waals surface area contributed by atoms with Crippen molar-refractivity contribution in [2.24, 2.45) is 5.10 Å². The van der Waals surface area contributed by atoms with Gasteiger partial charge in [-0.3, -0.25) is 15.5 Å². The molecular weight excluding hydrogens is 485 g/mol. The molecule has 0 aliphatic rings. The molecule has 1 atom stereocenters. The molecule has 33 heavy (non-hydrogen) atoms. The molecule has 3 aromatic rings. The minimum Gasteiger partial charge on any atom is -0.465 e. The van der Waals surface area contributed by atoms with Crippen molar-refractivity contribution in [1.29, 1.82) is 5.26 Å². The van der Waals surface area contributed by atoms with Crippen LogP contribution in [0.2, 0.25) is 10.0 Å². The third kappa shape index (κ3) is 6.29. The second kappa shape index (κ2) is 10.9. The molecule has 2 aromatic carbocycles. The van der Waals surface area contributed by atoms with Crippen molar-refractivity contribution in [3.63, 3.8) is 0 Å². The lowest BCUT2D eigenvalue weighted by Crippen LogP contribution is -2.34. The number of imide groups is 1. The van der Waals surface area contributed by atoms with E-state index in [0.29, 0.717) is 22.2 Å². The van der Waals surface area contributed by atoms with E-state index < -0.39 is 17.7 Å². The fraction of sp³-hybridized carbons (Fsp3) is 0.136. The SMILES string of the molecule is CC(Cc1c(Cl)cc(NN=C(C#N)C(=O)NC(=O)O)cc1Cl)c1nc(-c2ccccc2)cs1. The molecule has 3 rings (SSSR count). The first-order chi connectivity index (χ1) is 15.8. The molecule has 0 radical (unpaired) electrons. The Bertz CT molecular complexity index is 1230. The van der Waals surface area contributed by atoms with Gasteiger partial charge in [0.1, 0.15) is 6.07 Å². The predicted octanol–water partition coefficient (Wildman–Crippen LogP) is 5.55. The van der Waals surface area contributed by atoms with Gasteiger partial charge in [-0.2, -0.15) is 10.4 Å². The van der Waals surface area contributed by atoms with Crippen molar-refractivity contribution in [3.05, 3.63) is 68.5 Å². The van der Waals surface area contributed by atoms with E-state index in [1.54, 1.807) is 23.5 Å². The molecule has 3 N–H and O–H groups in total. The maximum Gasteiger partial charge on any atom is 0.411 e. The van der Waals surface area contributed by atoms with Gasteiger partial charge >= 0.3 is 6.09 Å². The Morgan fingerprint density at radius 1 is 1.24 bits per heavy atom. The van der Waals surface area contributed by atoms with Crippen LogP contribution in [0.1, 0.15) is 23.4 Å². The van der Waals surface area contributed by atoms with Crippen molar-refractivity contribution in [1.82, 2.24) is 10.3 Å². The van der Waals surface area contributed by atoms with E-state index in [4.69, 9.17) is 38.6 Å². The number of thiazole rings is 1. The number of hydrogen-bond donors (Lipinski definition) is 3. The third-order valence-corrected chi connectivity index (χ3v) is 6.25. The zero-order valence-electron chi connectivity index (χ0n) is 17.2. The zero-order valence-corrected chi connectivity index (χ0v) is 19.5. The van der Waals surface area contributed by atoms with Crippen LogP contribution in [0.4, 0.5) is 10.5 Å². The summed E-state index contributed by atoms with van der Waals surface area (Å²) in [6.45, 7) is 2.04. The molecule has 0 bridgehead atoms. The number of nitrogens with one attached hydrogen (secondary N) is 2. The van der Waals surface area contributed by atoms with E-state index in [0.717, 1.165) is 21.8 Å². The Kier molecular flexibility index (Phi) is 8.01. The van der Waals surface area contributed by atoms with Crippen molar-refractivity contribution in [2.45, 2.75) is 19.3 Å². The first-order valence-corrected chi connectivity index (χ1v) is 11.2. The minimum absolute atomic E-state index is 0.0594. The molecule has 0 fully saturated rings. The van der Waals surface area contributed by atoms with Crippen LogP contribution in [0, 0.1) is 11.3 Å². The van der Waals surface area contributed by atoms with Crippen LogP contribution in [-0.4, -0.2) is 27.8 Å². The average Bonchev–Trinajstić information content (AvgIpc) is 3.27. The number of nitriles is 1. The summed E-state index contributed by atoms with van der Waals surface area (Å²) in [7, 11) is 0. The van der Waals surface area contributed by atoms with Crippen LogP contribution in [-0.2, 0) is 11.2 Å². The van der Waals surface area contributed by atoms with Gasteiger partial charge in [-0.25, -0.2) is 9.78 Å². The van der Waals surface area contributed by atoms with E-state index in [2.05, 4.69) is 10.5 Å². The summed E-state index contributed by atoms with van der Waals surface area (Å²) in [5, 5.41) is 26.4. The van der Waals surface area contributed by atoms with Crippen LogP contribution in [0.25, 0.3) is 11.3 Å². The molecule has 11 heteroatoms. The first-order valence-electron chi connectivity index (χ1n) is 9.55. The van der Waals surface area contributed by atoms with Gasteiger partial charge in [0.05, 0.1) is 16.4 Å². The van der Waals surface area contributed by atoms with E-state index >= 15 is 0 Å².